The summed E-state index contributed by atoms with van der Waals surface area (Å²) >= 11 is 0. The average molecular weight is 697 g/mol. The van der Waals surface area contributed by atoms with Gasteiger partial charge >= 0.3 is 13.8 Å². The van der Waals surface area contributed by atoms with Crippen molar-refractivity contribution in [2.75, 3.05) is 13.2 Å². The Morgan fingerprint density at radius 1 is 0.667 bits per heavy atom. The van der Waals surface area contributed by atoms with Gasteiger partial charge in [0.05, 0.1) is 19.0 Å². The van der Waals surface area contributed by atoms with Crippen LogP contribution in [0.25, 0.3) is 0 Å². The summed E-state index contributed by atoms with van der Waals surface area (Å²) in [5, 5.41) is 10.1. The van der Waals surface area contributed by atoms with Crippen LogP contribution in [0.1, 0.15) is 155 Å². The maximum atomic E-state index is 12.3. The number of ether oxygens (including phenoxy) is 2. The normalized spacial score (nSPS) is 13.9. The van der Waals surface area contributed by atoms with E-state index in [1.54, 1.807) is 18.4 Å². The molecular formula is C39H69O8P. The molecule has 0 bridgehead atoms. The lowest BCUT2D eigenvalue weighted by Crippen LogP contribution is -2.27. The van der Waals surface area contributed by atoms with Gasteiger partial charge in [-0.15, -0.1) is 0 Å². The predicted molar refractivity (Wildman–Crippen MR) is 198 cm³/mol. The van der Waals surface area contributed by atoms with Crippen LogP contribution in [-0.4, -0.2) is 46.3 Å². The summed E-state index contributed by atoms with van der Waals surface area (Å²) in [6.45, 7) is 3.94. The number of hydrogen-bond acceptors (Lipinski definition) is 6. The molecule has 3 N–H and O–H groups in total. The molecule has 1 unspecified atom stereocenters. The van der Waals surface area contributed by atoms with Gasteiger partial charge in [-0.1, -0.05) is 146 Å². The first-order valence-corrected chi connectivity index (χ1v) is 20.3. The molecule has 0 aliphatic carbocycles. The molecular weight excluding hydrogens is 627 g/mol. The summed E-state index contributed by atoms with van der Waals surface area (Å²) in [7, 11) is -4.70. The highest BCUT2D eigenvalue weighted by Gasteiger charge is 2.21. The Bertz CT molecular complexity index is 921. The van der Waals surface area contributed by atoms with Crippen molar-refractivity contribution in [3.63, 3.8) is 0 Å². The van der Waals surface area contributed by atoms with E-state index < -0.39 is 32.6 Å². The zero-order valence-electron chi connectivity index (χ0n) is 30.2. The maximum absolute atomic E-state index is 12.3. The summed E-state index contributed by atoms with van der Waals surface area (Å²) in [5.74, 6) is -0.486. The Morgan fingerprint density at radius 2 is 1.23 bits per heavy atom. The number of rotatable bonds is 34. The van der Waals surface area contributed by atoms with Crippen LogP contribution in [0.3, 0.4) is 0 Å². The summed E-state index contributed by atoms with van der Waals surface area (Å²) in [6, 6.07) is 0. The molecule has 0 aromatic heterocycles. The molecule has 0 aromatic carbocycles. The smallest absolute Gasteiger partial charge is 0.469 e. The molecule has 0 heterocycles. The fourth-order valence-corrected chi connectivity index (χ4v) is 5.25. The minimum atomic E-state index is -4.70. The third kappa shape index (κ3) is 36.9. The van der Waals surface area contributed by atoms with Crippen molar-refractivity contribution < 1.29 is 38.3 Å². The molecule has 0 spiro atoms. The Balaban J connectivity index is 4.12. The minimum absolute atomic E-state index is 0.0569. The molecule has 0 radical (unpaired) electrons. The first-order valence-electron chi connectivity index (χ1n) is 18.8. The van der Waals surface area contributed by atoms with Crippen molar-refractivity contribution in [1.29, 1.82) is 0 Å². The van der Waals surface area contributed by atoms with Crippen molar-refractivity contribution in [3.8, 4) is 0 Å². The van der Waals surface area contributed by atoms with Gasteiger partial charge < -0.3 is 24.4 Å². The van der Waals surface area contributed by atoms with Crippen molar-refractivity contribution in [3.05, 3.63) is 60.9 Å². The number of carbonyl (C=O) groups excluding carboxylic acids is 1. The van der Waals surface area contributed by atoms with E-state index in [2.05, 4.69) is 36.6 Å². The van der Waals surface area contributed by atoms with E-state index in [1.807, 2.05) is 24.3 Å². The van der Waals surface area contributed by atoms with E-state index in [-0.39, 0.29) is 13.0 Å². The number of esters is 1. The second kappa shape index (κ2) is 34.9. The van der Waals surface area contributed by atoms with Gasteiger partial charge in [0.2, 0.25) is 0 Å². The fraction of sp³-hybridized carbons (Fsp3) is 0.718. The van der Waals surface area contributed by atoms with E-state index in [0.717, 1.165) is 25.7 Å². The number of hydrogen-bond donors (Lipinski definition) is 3. The first-order chi connectivity index (χ1) is 23.3. The lowest BCUT2D eigenvalue weighted by Gasteiger charge is -2.17. The number of phosphoric ester groups is 1. The van der Waals surface area contributed by atoms with Crippen LogP contribution in [-0.2, 0) is 23.4 Å². The van der Waals surface area contributed by atoms with Gasteiger partial charge in [-0.25, -0.2) is 4.57 Å². The molecule has 48 heavy (non-hydrogen) atoms. The molecule has 8 nitrogen and oxygen atoms in total. The van der Waals surface area contributed by atoms with E-state index in [9.17, 15) is 14.5 Å². The van der Waals surface area contributed by atoms with Gasteiger partial charge in [0, 0.05) is 6.42 Å². The maximum Gasteiger partial charge on any atom is 0.469 e. The third-order valence-electron chi connectivity index (χ3n) is 7.72. The molecule has 9 heteroatoms. The van der Waals surface area contributed by atoms with Crippen molar-refractivity contribution in [2.24, 2.45) is 0 Å². The summed E-state index contributed by atoms with van der Waals surface area (Å²) in [4.78, 5) is 30.4. The van der Waals surface area contributed by atoms with Crippen molar-refractivity contribution >= 4 is 13.8 Å². The van der Waals surface area contributed by atoms with Crippen molar-refractivity contribution in [1.82, 2.24) is 0 Å². The predicted octanol–water partition coefficient (Wildman–Crippen LogP) is 10.7. The zero-order valence-corrected chi connectivity index (χ0v) is 31.1. The molecule has 2 atom stereocenters. The number of phosphoric acid groups is 1. The van der Waals surface area contributed by atoms with Gasteiger partial charge in [0.25, 0.3) is 0 Å². The van der Waals surface area contributed by atoms with Crippen LogP contribution < -0.4 is 0 Å². The molecule has 0 aromatic rings. The van der Waals surface area contributed by atoms with Crippen LogP contribution in [0.4, 0.5) is 0 Å². The molecule has 0 amide bonds. The Kier molecular flexibility index (Phi) is 33.5. The van der Waals surface area contributed by atoms with Crippen LogP contribution in [0.15, 0.2) is 60.9 Å². The monoisotopic (exact) mass is 696 g/mol. The van der Waals surface area contributed by atoms with Gasteiger partial charge in [-0.3, -0.25) is 9.32 Å². The van der Waals surface area contributed by atoms with Crippen LogP contribution in [0.5, 0.6) is 0 Å². The SMILES string of the molecule is CCCCC/C=C\C/C=C\CC(O)/C=C\C=C\CCCC(=O)O[C@H](CO/C=C/CCCCCCCCCCCCCC)COP(=O)(O)O. The zero-order chi connectivity index (χ0) is 35.4. The molecule has 0 rings (SSSR count). The van der Waals surface area contributed by atoms with Gasteiger partial charge in [0.1, 0.15) is 6.61 Å². The summed E-state index contributed by atoms with van der Waals surface area (Å²) < 4.78 is 26.6. The minimum Gasteiger partial charge on any atom is -0.498 e. The second-order valence-electron chi connectivity index (χ2n) is 12.5. The quantitative estimate of drug-likeness (QED) is 0.0152. The van der Waals surface area contributed by atoms with Crippen LogP contribution >= 0.6 is 7.82 Å². The average Bonchev–Trinajstić information content (AvgIpc) is 3.05. The van der Waals surface area contributed by atoms with Crippen LogP contribution in [0.2, 0.25) is 0 Å². The molecule has 278 valence electrons. The summed E-state index contributed by atoms with van der Waals surface area (Å²) in [6.07, 6.45) is 41.8. The molecule has 0 saturated heterocycles. The Morgan fingerprint density at radius 3 is 1.90 bits per heavy atom. The lowest BCUT2D eigenvalue weighted by atomic mass is 10.0. The standard InChI is InChI=1S/C39H69O8P/c1-3-5-7-9-11-13-14-15-16-17-19-21-26-30-34-45-35-38(36-46-48(42,43)44)47-39(41)33-29-25-22-24-28-32-37(40)31-27-23-20-18-12-10-8-6-4-2/h12,18,22-24,27-28,30,32,34,37-38,40H,3-11,13-17,19-21,25-26,29,31,33,35-36H2,1-2H3,(H2,42,43,44)/b18-12-,24-22+,27-23-,32-28-,34-30+/t37?,38-/m1/s1. The third-order valence-corrected chi connectivity index (χ3v) is 8.20. The Labute approximate surface area is 293 Å². The number of unbranched alkanes of at least 4 members (excludes halogenated alkanes) is 16. The number of carbonyl (C=O) groups is 1. The molecule has 0 saturated carbocycles. The van der Waals surface area contributed by atoms with Crippen LogP contribution in [0, 0.1) is 0 Å². The fourth-order valence-electron chi connectivity index (χ4n) is 4.89. The van der Waals surface area contributed by atoms with Gasteiger partial charge in [-0.2, -0.15) is 0 Å². The second-order valence-corrected chi connectivity index (χ2v) is 13.7. The van der Waals surface area contributed by atoms with Crippen molar-refractivity contribution in [2.45, 2.75) is 167 Å². The lowest BCUT2D eigenvalue weighted by molar-refractivity contribution is -0.153. The first kappa shape index (κ1) is 46.0. The molecule has 0 fully saturated rings. The Hall–Kier alpha value is -1.96. The number of allylic oxidation sites excluding steroid dienone is 7. The van der Waals surface area contributed by atoms with E-state index in [0.29, 0.717) is 19.3 Å². The number of aliphatic hydroxyl groups excluding tert-OH is 1. The van der Waals surface area contributed by atoms with E-state index in [4.69, 9.17) is 19.3 Å². The number of aliphatic hydroxyl groups is 1. The molecule has 0 aliphatic rings. The van der Waals surface area contributed by atoms with E-state index in [1.165, 1.54) is 89.9 Å². The largest absolute Gasteiger partial charge is 0.498 e. The highest BCUT2D eigenvalue weighted by molar-refractivity contribution is 7.46. The molecule has 0 aliphatic heterocycles. The topological polar surface area (TPSA) is 123 Å². The summed E-state index contributed by atoms with van der Waals surface area (Å²) in [5.41, 5.74) is 0. The van der Waals surface area contributed by atoms with Gasteiger partial charge in [-0.05, 0) is 57.4 Å². The highest BCUT2D eigenvalue weighted by Crippen LogP contribution is 2.35. The highest BCUT2D eigenvalue weighted by atomic mass is 31.2. The van der Waals surface area contributed by atoms with E-state index >= 15 is 0 Å². The van der Waals surface area contributed by atoms with Gasteiger partial charge in [0.15, 0.2) is 6.10 Å².